The Kier molecular flexibility index (Phi) is 7.89. The number of hydrogen-bond acceptors (Lipinski definition) is 6. The Morgan fingerprint density at radius 3 is 2.47 bits per heavy atom. The number of halogens is 2. The van der Waals surface area contributed by atoms with E-state index in [0.29, 0.717) is 28.5 Å². The third-order valence-electron chi connectivity index (χ3n) is 6.58. The van der Waals surface area contributed by atoms with E-state index in [-0.39, 0.29) is 17.2 Å². The van der Waals surface area contributed by atoms with Gasteiger partial charge in [0.2, 0.25) is 0 Å². The average Bonchev–Trinajstić information content (AvgIpc) is 2.86. The van der Waals surface area contributed by atoms with Crippen LogP contribution in [0.15, 0.2) is 36.7 Å². The van der Waals surface area contributed by atoms with E-state index in [0.717, 1.165) is 31.1 Å². The first kappa shape index (κ1) is 26.4. The van der Waals surface area contributed by atoms with Crippen LogP contribution in [0.1, 0.15) is 25.7 Å². The molecule has 0 aliphatic heterocycles. The number of hydrogen-bond donors (Lipinski definition) is 1. The molecule has 3 aromatic rings. The summed E-state index contributed by atoms with van der Waals surface area (Å²) < 4.78 is 42.0. The van der Waals surface area contributed by atoms with Crippen molar-refractivity contribution in [2.75, 3.05) is 33.6 Å². The van der Waals surface area contributed by atoms with Gasteiger partial charge < -0.3 is 14.8 Å². The van der Waals surface area contributed by atoms with E-state index in [1.165, 1.54) is 18.5 Å². The first-order valence-corrected chi connectivity index (χ1v) is 13.6. The molecule has 1 unspecified atom stereocenters. The molecule has 1 aromatic heterocycles. The lowest BCUT2D eigenvalue weighted by Gasteiger charge is -2.37. The summed E-state index contributed by atoms with van der Waals surface area (Å²) in [4.78, 5) is 8.73. The molecule has 1 aliphatic rings. The molecule has 1 fully saturated rings. The molecule has 1 aliphatic carbocycles. The molecule has 194 valence electrons. The van der Waals surface area contributed by atoms with Crippen LogP contribution in [-0.4, -0.2) is 69.1 Å². The van der Waals surface area contributed by atoms with Crippen LogP contribution in [0, 0.1) is 5.82 Å². The molecule has 8 nitrogen and oxygen atoms in total. The maximum Gasteiger partial charge on any atom is 0.162 e. The molecular formula is C25H31ClFN5O3S. The van der Waals surface area contributed by atoms with Gasteiger partial charge in [-0.2, -0.15) is 0 Å². The highest BCUT2D eigenvalue weighted by atomic mass is 35.5. The molecule has 0 radical (unpaired) electrons. The Morgan fingerprint density at radius 2 is 1.83 bits per heavy atom. The third kappa shape index (κ3) is 5.51. The van der Waals surface area contributed by atoms with Gasteiger partial charge in [0.25, 0.3) is 0 Å². The highest BCUT2D eigenvalue weighted by Crippen LogP contribution is 2.37. The summed E-state index contributed by atoms with van der Waals surface area (Å²) in [6, 6.07) is 8.22. The zero-order valence-electron chi connectivity index (χ0n) is 20.8. The third-order valence-corrected chi connectivity index (χ3v) is 9.20. The second kappa shape index (κ2) is 10.8. The maximum atomic E-state index is 13.6. The summed E-state index contributed by atoms with van der Waals surface area (Å²) >= 11 is 5.93. The highest BCUT2D eigenvalue weighted by molar-refractivity contribution is 7.95. The molecule has 1 N–H and O–H groups in total. The van der Waals surface area contributed by atoms with E-state index in [1.54, 1.807) is 31.6 Å². The predicted octanol–water partition coefficient (Wildman–Crippen LogP) is 4.90. The largest absolute Gasteiger partial charge is 0.493 e. The van der Waals surface area contributed by atoms with Crippen LogP contribution < -0.4 is 14.8 Å². The van der Waals surface area contributed by atoms with Crippen LogP contribution in [0.25, 0.3) is 10.9 Å². The van der Waals surface area contributed by atoms with Crippen molar-refractivity contribution in [1.29, 1.82) is 0 Å². The van der Waals surface area contributed by atoms with E-state index >= 15 is 0 Å². The molecule has 0 saturated heterocycles. The van der Waals surface area contributed by atoms with E-state index in [4.69, 9.17) is 21.1 Å². The van der Waals surface area contributed by atoms with Crippen molar-refractivity contribution in [3.8, 4) is 11.5 Å². The lowest BCUT2D eigenvalue weighted by Crippen LogP contribution is -2.45. The van der Waals surface area contributed by atoms with Gasteiger partial charge in [0, 0.05) is 44.3 Å². The van der Waals surface area contributed by atoms with Crippen LogP contribution in [0.4, 0.5) is 15.9 Å². The van der Waals surface area contributed by atoms with Crippen LogP contribution in [-0.2, 0) is 9.89 Å². The molecule has 1 heterocycles. The second-order valence-corrected chi connectivity index (χ2v) is 11.9. The van der Waals surface area contributed by atoms with Gasteiger partial charge in [-0.15, -0.1) is 0 Å². The quantitative estimate of drug-likeness (QED) is 0.413. The van der Waals surface area contributed by atoms with Crippen molar-refractivity contribution < 1.29 is 18.1 Å². The van der Waals surface area contributed by atoms with E-state index in [2.05, 4.69) is 21.2 Å². The maximum absolute atomic E-state index is 13.6. The average molecular weight is 536 g/mol. The highest BCUT2D eigenvalue weighted by Gasteiger charge is 2.30. The van der Waals surface area contributed by atoms with Crippen LogP contribution in [0.5, 0.6) is 11.5 Å². The number of aromatic nitrogens is 2. The molecular weight excluding hydrogens is 505 g/mol. The van der Waals surface area contributed by atoms with Gasteiger partial charge in [0.1, 0.15) is 18.0 Å². The fourth-order valence-corrected chi connectivity index (χ4v) is 5.70. The summed E-state index contributed by atoms with van der Waals surface area (Å²) in [5.41, 5.74) is 1.27. The van der Waals surface area contributed by atoms with Gasteiger partial charge >= 0.3 is 0 Å². The lowest BCUT2D eigenvalue weighted by atomic mass is 9.93. The number of methoxy groups -OCH3 is 1. The minimum atomic E-state index is -2.47. The van der Waals surface area contributed by atoms with Gasteiger partial charge in [-0.25, -0.2) is 27.2 Å². The molecule has 4 rings (SSSR count). The number of ether oxygens (including phenoxy) is 2. The minimum Gasteiger partial charge on any atom is -0.493 e. The molecule has 11 heteroatoms. The van der Waals surface area contributed by atoms with Crippen molar-refractivity contribution in [3.63, 3.8) is 0 Å². The summed E-state index contributed by atoms with van der Waals surface area (Å²) in [7, 11) is 4.56. The topological polar surface area (TPSA) is 79.8 Å². The molecule has 0 amide bonds. The Labute approximate surface area is 216 Å². The number of anilines is 2. The fraction of sp³-hybridized carbons (Fsp3) is 0.400. The fourth-order valence-electron chi connectivity index (χ4n) is 4.32. The zero-order chi connectivity index (χ0) is 26.0. The van der Waals surface area contributed by atoms with Crippen molar-refractivity contribution in [2.24, 2.45) is 0 Å². The van der Waals surface area contributed by atoms with E-state index in [1.807, 2.05) is 23.5 Å². The molecule has 0 bridgehead atoms. The molecule has 1 saturated carbocycles. The van der Waals surface area contributed by atoms with Crippen LogP contribution in [0.2, 0.25) is 5.02 Å². The number of nitrogens with zero attached hydrogens (tertiary/aromatic N) is 4. The SMILES string of the molecule is C=S(=O)(N(C)C)N(C)[C@H]1CC[C@@H](Oc2cc3c(Nc4ccc(F)c(Cl)c4)ncnc3cc2OC)CC1. The van der Waals surface area contributed by atoms with Crippen molar-refractivity contribution in [3.05, 3.63) is 47.5 Å². The number of nitrogens with one attached hydrogen (secondary N) is 1. The lowest BCUT2D eigenvalue weighted by molar-refractivity contribution is 0.122. The van der Waals surface area contributed by atoms with Crippen molar-refractivity contribution in [1.82, 2.24) is 18.6 Å². The zero-order valence-corrected chi connectivity index (χ0v) is 22.4. The standard InChI is InChI=1S/C25H31ClFN5O3S/c1-31(2)36(5,33)32(3)17-7-9-18(10-8-17)35-24-13-19-22(14-23(24)34-4)28-15-29-25(19)30-16-6-11-21(27)20(26)12-16/h6,11-15,17-18H,5,7-10H2,1-4H3,(H,28,29,30)/t17-,18+,36?. The van der Waals surface area contributed by atoms with Gasteiger partial charge in [-0.1, -0.05) is 11.6 Å². The Morgan fingerprint density at radius 1 is 1.11 bits per heavy atom. The number of benzene rings is 2. The number of fused-ring (bicyclic) bond motifs is 1. The van der Waals surface area contributed by atoms with Crippen LogP contribution in [0.3, 0.4) is 0 Å². The first-order valence-electron chi connectivity index (χ1n) is 11.6. The molecule has 0 spiro atoms. The predicted molar refractivity (Wildman–Crippen MR) is 144 cm³/mol. The van der Waals surface area contributed by atoms with E-state index in [9.17, 15) is 8.60 Å². The minimum absolute atomic E-state index is 0.0156. The summed E-state index contributed by atoms with van der Waals surface area (Å²) in [5, 5.41) is 3.93. The Balaban J connectivity index is 1.54. The van der Waals surface area contributed by atoms with Crippen LogP contribution >= 0.6 is 11.6 Å². The summed E-state index contributed by atoms with van der Waals surface area (Å²) in [5.74, 6) is 5.13. The van der Waals surface area contributed by atoms with Crippen molar-refractivity contribution >= 4 is 49.8 Å². The summed E-state index contributed by atoms with van der Waals surface area (Å²) in [6.45, 7) is 0. The van der Waals surface area contributed by atoms with Gasteiger partial charge in [0.15, 0.2) is 11.5 Å². The molecule has 2 aromatic carbocycles. The molecule has 1 atom stereocenters. The first-order chi connectivity index (χ1) is 17.1. The Hall–Kier alpha value is -2.66. The number of rotatable bonds is 8. The van der Waals surface area contributed by atoms with Crippen molar-refractivity contribution in [2.45, 2.75) is 37.8 Å². The van der Waals surface area contributed by atoms with Gasteiger partial charge in [0.05, 0.1) is 33.6 Å². The normalized spacial score (nSPS) is 19.9. The monoisotopic (exact) mass is 535 g/mol. The summed E-state index contributed by atoms with van der Waals surface area (Å²) in [6.07, 6.45) is 4.74. The van der Waals surface area contributed by atoms with Gasteiger partial charge in [-0.3, -0.25) is 0 Å². The van der Waals surface area contributed by atoms with E-state index < -0.39 is 15.7 Å². The Bertz CT molecular complexity index is 1350. The second-order valence-electron chi connectivity index (χ2n) is 9.01. The van der Waals surface area contributed by atoms with Gasteiger partial charge in [-0.05, 0) is 55.8 Å². The molecule has 36 heavy (non-hydrogen) atoms. The smallest absolute Gasteiger partial charge is 0.162 e.